The highest BCUT2D eigenvalue weighted by molar-refractivity contribution is 9.11. The second-order valence-corrected chi connectivity index (χ2v) is 4.38. The molecule has 1 rings (SSSR count). The minimum absolute atomic E-state index is 0.186. The fourth-order valence-electron chi connectivity index (χ4n) is 1.60. The van der Waals surface area contributed by atoms with Gasteiger partial charge in [0.15, 0.2) is 4.74 Å². The molecule has 1 N–H and O–H groups in total. The van der Waals surface area contributed by atoms with E-state index < -0.39 is 16.6 Å². The Labute approximate surface area is 78.6 Å². The molecule has 0 bridgehead atoms. The Balaban J connectivity index is 2.73. The zero-order chi connectivity index (χ0) is 9.52. The van der Waals surface area contributed by atoms with Gasteiger partial charge in [-0.25, -0.2) is 0 Å². The molecule has 0 aromatic rings. The predicted molar refractivity (Wildman–Crippen MR) is 46.5 cm³/mol. The minimum Gasteiger partial charge on any atom is -0.481 e. The molecule has 0 aromatic heterocycles. The van der Waals surface area contributed by atoms with E-state index in [1.165, 1.54) is 6.08 Å². The molecule has 0 spiro atoms. The standard InChI is InChI=1S/C8H10BrFO2/c1-8(2)4(3-5(9)10)6(8)7(11)12/h3-4,6H,1-2H3,(H,11,12). The lowest BCUT2D eigenvalue weighted by atomic mass is 10.1. The maximum absolute atomic E-state index is 12.4. The van der Waals surface area contributed by atoms with Crippen LogP contribution in [0, 0.1) is 17.3 Å². The molecule has 2 unspecified atom stereocenters. The largest absolute Gasteiger partial charge is 0.481 e. The van der Waals surface area contributed by atoms with E-state index in [4.69, 9.17) is 5.11 Å². The molecule has 2 nitrogen and oxygen atoms in total. The predicted octanol–water partition coefficient (Wildman–Crippen LogP) is 2.55. The molecule has 4 heteroatoms. The van der Waals surface area contributed by atoms with Crippen LogP contribution in [0.4, 0.5) is 4.39 Å². The zero-order valence-corrected chi connectivity index (χ0v) is 8.43. The SMILES string of the molecule is CC1(C)C(C=C(F)Br)C1C(=O)O. The topological polar surface area (TPSA) is 37.3 Å². The van der Waals surface area contributed by atoms with Crippen molar-refractivity contribution in [2.24, 2.45) is 17.3 Å². The summed E-state index contributed by atoms with van der Waals surface area (Å²) in [5, 5.41) is 8.71. The number of halogens is 2. The average molecular weight is 237 g/mol. The summed E-state index contributed by atoms with van der Waals surface area (Å²) in [5.41, 5.74) is -0.309. The first-order valence-corrected chi connectivity index (χ1v) is 4.42. The first kappa shape index (κ1) is 9.71. The Morgan fingerprint density at radius 3 is 2.42 bits per heavy atom. The van der Waals surface area contributed by atoms with Crippen LogP contribution in [0.3, 0.4) is 0 Å². The van der Waals surface area contributed by atoms with E-state index in [-0.39, 0.29) is 11.3 Å². The van der Waals surface area contributed by atoms with E-state index >= 15 is 0 Å². The number of carbonyl (C=O) groups is 1. The van der Waals surface area contributed by atoms with E-state index in [0.29, 0.717) is 0 Å². The molecule has 0 aromatic carbocycles. The molecule has 0 aliphatic heterocycles. The van der Waals surface area contributed by atoms with E-state index in [1.807, 2.05) is 13.8 Å². The van der Waals surface area contributed by atoms with Gasteiger partial charge in [0, 0.05) is 5.92 Å². The zero-order valence-electron chi connectivity index (χ0n) is 6.84. The molecule has 0 saturated heterocycles. The van der Waals surface area contributed by atoms with Crippen molar-refractivity contribution in [3.05, 3.63) is 10.8 Å². The second kappa shape index (κ2) is 2.83. The summed E-state index contributed by atoms with van der Waals surface area (Å²) in [4.78, 5) is 10.6. The highest BCUT2D eigenvalue weighted by Crippen LogP contribution is 2.59. The number of allylic oxidation sites excluding steroid dienone is 1. The Morgan fingerprint density at radius 2 is 2.17 bits per heavy atom. The van der Waals surface area contributed by atoms with Crippen molar-refractivity contribution in [2.45, 2.75) is 13.8 Å². The lowest BCUT2D eigenvalue weighted by Gasteiger charge is -1.95. The summed E-state index contributed by atoms with van der Waals surface area (Å²) in [6, 6.07) is 0. The summed E-state index contributed by atoms with van der Waals surface area (Å²) in [7, 11) is 0. The normalized spacial score (nSPS) is 33.2. The Kier molecular flexibility index (Phi) is 2.29. The summed E-state index contributed by atoms with van der Waals surface area (Å²) < 4.78 is 11.9. The maximum atomic E-state index is 12.4. The van der Waals surface area contributed by atoms with Crippen LogP contribution in [0.2, 0.25) is 0 Å². The van der Waals surface area contributed by atoms with Crippen molar-refractivity contribution in [3.63, 3.8) is 0 Å². The van der Waals surface area contributed by atoms with Crippen LogP contribution in [0.15, 0.2) is 10.8 Å². The highest BCUT2D eigenvalue weighted by Gasteiger charge is 2.61. The number of hydrogen-bond acceptors (Lipinski definition) is 1. The van der Waals surface area contributed by atoms with E-state index in [1.54, 1.807) is 0 Å². The van der Waals surface area contributed by atoms with Gasteiger partial charge in [0.2, 0.25) is 0 Å². The van der Waals surface area contributed by atoms with E-state index in [2.05, 4.69) is 15.9 Å². The van der Waals surface area contributed by atoms with Crippen molar-refractivity contribution in [1.29, 1.82) is 0 Å². The van der Waals surface area contributed by atoms with Crippen molar-refractivity contribution in [3.8, 4) is 0 Å². The maximum Gasteiger partial charge on any atom is 0.307 e. The molecule has 1 saturated carbocycles. The number of aliphatic carboxylic acids is 1. The van der Waals surface area contributed by atoms with Gasteiger partial charge in [-0.2, -0.15) is 4.39 Å². The molecule has 68 valence electrons. The molecule has 1 aliphatic rings. The smallest absolute Gasteiger partial charge is 0.307 e. The summed E-state index contributed by atoms with van der Waals surface area (Å²) in [6.45, 7) is 3.64. The lowest BCUT2D eigenvalue weighted by molar-refractivity contribution is -0.139. The number of carboxylic acid groups (broad SMARTS) is 1. The molecular formula is C8H10BrFO2. The van der Waals surface area contributed by atoms with Gasteiger partial charge in [0.25, 0.3) is 0 Å². The van der Waals surface area contributed by atoms with Gasteiger partial charge < -0.3 is 5.11 Å². The summed E-state index contributed by atoms with van der Waals surface area (Å²) in [5.74, 6) is -1.48. The van der Waals surface area contributed by atoms with Crippen molar-refractivity contribution in [1.82, 2.24) is 0 Å². The first-order valence-electron chi connectivity index (χ1n) is 3.63. The molecule has 2 atom stereocenters. The number of rotatable bonds is 2. The van der Waals surface area contributed by atoms with Crippen LogP contribution in [-0.4, -0.2) is 11.1 Å². The Hall–Kier alpha value is -0.380. The van der Waals surface area contributed by atoms with Gasteiger partial charge >= 0.3 is 5.97 Å². The van der Waals surface area contributed by atoms with Crippen molar-refractivity contribution >= 4 is 21.9 Å². The third-order valence-corrected chi connectivity index (χ3v) is 2.75. The van der Waals surface area contributed by atoms with Gasteiger partial charge in [-0.3, -0.25) is 4.79 Å². The highest BCUT2D eigenvalue weighted by atomic mass is 79.9. The van der Waals surface area contributed by atoms with Crippen LogP contribution < -0.4 is 0 Å². The monoisotopic (exact) mass is 236 g/mol. The van der Waals surface area contributed by atoms with E-state index in [9.17, 15) is 9.18 Å². The Bertz CT molecular complexity index is 243. The van der Waals surface area contributed by atoms with Crippen LogP contribution in [0.1, 0.15) is 13.8 Å². The third-order valence-electron chi connectivity index (χ3n) is 2.48. The minimum atomic E-state index is -0.852. The van der Waals surface area contributed by atoms with Gasteiger partial charge in [0.05, 0.1) is 5.92 Å². The van der Waals surface area contributed by atoms with Crippen LogP contribution in [-0.2, 0) is 4.79 Å². The first-order chi connectivity index (χ1) is 5.37. The molecule has 12 heavy (non-hydrogen) atoms. The Morgan fingerprint density at radius 1 is 1.67 bits per heavy atom. The second-order valence-electron chi connectivity index (χ2n) is 3.62. The fourth-order valence-corrected chi connectivity index (χ4v) is 1.88. The number of carboxylic acids is 1. The lowest BCUT2D eigenvalue weighted by Crippen LogP contribution is -2.02. The van der Waals surface area contributed by atoms with Gasteiger partial charge in [0.1, 0.15) is 0 Å². The van der Waals surface area contributed by atoms with Gasteiger partial charge in [-0.15, -0.1) is 0 Å². The van der Waals surface area contributed by atoms with Crippen molar-refractivity contribution in [2.75, 3.05) is 0 Å². The van der Waals surface area contributed by atoms with Gasteiger partial charge in [-0.05, 0) is 27.4 Å². The molecule has 0 radical (unpaired) electrons. The summed E-state index contributed by atoms with van der Waals surface area (Å²) in [6.07, 6.45) is 1.32. The third kappa shape index (κ3) is 1.53. The average Bonchev–Trinajstić information content (AvgIpc) is 2.32. The molecule has 1 fully saturated rings. The van der Waals surface area contributed by atoms with Gasteiger partial charge in [-0.1, -0.05) is 13.8 Å². The van der Waals surface area contributed by atoms with Crippen LogP contribution in [0.5, 0.6) is 0 Å². The van der Waals surface area contributed by atoms with E-state index in [0.717, 1.165) is 0 Å². The summed E-state index contributed by atoms with van der Waals surface area (Å²) >= 11 is 2.64. The quantitative estimate of drug-likeness (QED) is 0.801. The molecule has 0 amide bonds. The molecule has 0 heterocycles. The molecular weight excluding hydrogens is 227 g/mol. The molecule has 1 aliphatic carbocycles. The number of hydrogen-bond donors (Lipinski definition) is 1. The van der Waals surface area contributed by atoms with Crippen LogP contribution >= 0.6 is 15.9 Å². The van der Waals surface area contributed by atoms with Crippen LogP contribution in [0.25, 0.3) is 0 Å². The van der Waals surface area contributed by atoms with Crippen molar-refractivity contribution < 1.29 is 14.3 Å². The fraction of sp³-hybridized carbons (Fsp3) is 0.625.